The molecule has 0 bridgehead atoms. The van der Waals surface area contributed by atoms with Gasteiger partial charge in [0, 0.05) is 24.4 Å². The zero-order chi connectivity index (χ0) is 22.4. The van der Waals surface area contributed by atoms with Gasteiger partial charge in [-0.3, -0.25) is 14.9 Å². The van der Waals surface area contributed by atoms with Crippen molar-refractivity contribution in [2.45, 2.75) is 39.1 Å². The Morgan fingerprint density at radius 2 is 1.97 bits per heavy atom. The monoisotopic (exact) mass is 441 g/mol. The van der Waals surface area contributed by atoms with Gasteiger partial charge in [0.05, 0.1) is 10.7 Å². The first-order chi connectivity index (χ1) is 14.9. The van der Waals surface area contributed by atoms with E-state index in [0.29, 0.717) is 28.8 Å². The second kappa shape index (κ2) is 10.1. The van der Waals surface area contributed by atoms with Crippen molar-refractivity contribution in [1.82, 2.24) is 14.8 Å². The van der Waals surface area contributed by atoms with Crippen LogP contribution < -0.4 is 10.1 Å². The second-order valence-corrected chi connectivity index (χ2v) is 7.73. The number of nitrogens with one attached hydrogen (secondary N) is 1. The lowest BCUT2D eigenvalue weighted by atomic mass is 10.2. The summed E-state index contributed by atoms with van der Waals surface area (Å²) in [5.41, 5.74) is 2.19. The molecule has 9 nitrogen and oxygen atoms in total. The lowest BCUT2D eigenvalue weighted by Crippen LogP contribution is -2.15. The van der Waals surface area contributed by atoms with Crippen LogP contribution in [0.2, 0.25) is 0 Å². The number of nitro groups is 1. The van der Waals surface area contributed by atoms with E-state index in [9.17, 15) is 14.9 Å². The Hall–Kier alpha value is -3.40. The number of carbonyl (C=O) groups excluding carboxylic acids is 1. The Morgan fingerprint density at radius 1 is 1.19 bits per heavy atom. The molecule has 0 saturated heterocycles. The van der Waals surface area contributed by atoms with E-state index in [4.69, 9.17) is 4.74 Å². The van der Waals surface area contributed by atoms with Gasteiger partial charge in [0.15, 0.2) is 11.0 Å². The summed E-state index contributed by atoms with van der Waals surface area (Å²) in [6.45, 7) is 6.59. The molecule has 0 spiro atoms. The summed E-state index contributed by atoms with van der Waals surface area (Å²) in [6.07, 6.45) is 0. The van der Waals surface area contributed by atoms with Crippen LogP contribution in [0.3, 0.4) is 0 Å². The summed E-state index contributed by atoms with van der Waals surface area (Å²) >= 11 is 1.27. The molecule has 0 aliphatic heterocycles. The van der Waals surface area contributed by atoms with Gasteiger partial charge in [0.1, 0.15) is 12.4 Å². The number of para-hydroxylation sites is 1. The summed E-state index contributed by atoms with van der Waals surface area (Å²) in [5.74, 6) is 1.37. The van der Waals surface area contributed by atoms with E-state index in [1.165, 1.54) is 30.0 Å². The van der Waals surface area contributed by atoms with Gasteiger partial charge >= 0.3 is 0 Å². The van der Waals surface area contributed by atoms with E-state index in [-0.39, 0.29) is 24.0 Å². The molecule has 2 aromatic carbocycles. The van der Waals surface area contributed by atoms with E-state index >= 15 is 0 Å². The third-order valence-electron chi connectivity index (χ3n) is 4.59. The first-order valence-electron chi connectivity index (χ1n) is 9.67. The normalized spacial score (nSPS) is 10.7. The van der Waals surface area contributed by atoms with E-state index < -0.39 is 4.92 Å². The van der Waals surface area contributed by atoms with Gasteiger partial charge in [-0.2, -0.15) is 0 Å². The molecule has 1 N–H and O–H groups in total. The molecule has 0 aliphatic rings. The summed E-state index contributed by atoms with van der Waals surface area (Å²) in [4.78, 5) is 22.7. The SMILES string of the molecule is CCn1c(COc2ccccc2C)nnc1SCC(=O)Nc1ccc([N+](=O)[O-])cc1C. The highest BCUT2D eigenvalue weighted by Gasteiger charge is 2.15. The minimum atomic E-state index is -0.466. The summed E-state index contributed by atoms with van der Waals surface area (Å²) in [7, 11) is 0. The van der Waals surface area contributed by atoms with Crippen molar-refractivity contribution in [2.24, 2.45) is 0 Å². The van der Waals surface area contributed by atoms with Gasteiger partial charge in [-0.05, 0) is 44.0 Å². The van der Waals surface area contributed by atoms with E-state index in [2.05, 4.69) is 15.5 Å². The molecule has 1 aromatic heterocycles. The molecule has 0 aliphatic carbocycles. The van der Waals surface area contributed by atoms with Crippen LogP contribution in [-0.4, -0.2) is 31.3 Å². The molecular formula is C21H23N5O4S. The molecule has 10 heteroatoms. The molecule has 0 radical (unpaired) electrons. The number of aromatic nitrogens is 3. The molecule has 3 aromatic rings. The van der Waals surface area contributed by atoms with Gasteiger partial charge in [-0.25, -0.2) is 0 Å². The van der Waals surface area contributed by atoms with Crippen molar-refractivity contribution < 1.29 is 14.5 Å². The number of nitrogens with zero attached hydrogens (tertiary/aromatic N) is 4. The van der Waals surface area contributed by atoms with Crippen molar-refractivity contribution >= 4 is 29.0 Å². The maximum Gasteiger partial charge on any atom is 0.269 e. The number of rotatable bonds is 9. The van der Waals surface area contributed by atoms with Crippen LogP contribution in [0.4, 0.5) is 11.4 Å². The predicted octanol–water partition coefficient (Wildman–Crippen LogP) is 4.13. The molecule has 0 saturated carbocycles. The first kappa shape index (κ1) is 22.3. The van der Waals surface area contributed by atoms with E-state index in [1.807, 2.05) is 42.7 Å². The maximum absolute atomic E-state index is 12.4. The largest absolute Gasteiger partial charge is 0.485 e. The zero-order valence-electron chi connectivity index (χ0n) is 17.5. The molecule has 0 fully saturated rings. The van der Waals surface area contributed by atoms with Crippen LogP contribution in [0, 0.1) is 24.0 Å². The number of aryl methyl sites for hydroxylation is 2. The molecule has 162 valence electrons. The van der Waals surface area contributed by atoms with Crippen molar-refractivity contribution in [1.29, 1.82) is 0 Å². The predicted molar refractivity (Wildman–Crippen MR) is 118 cm³/mol. The third-order valence-corrected chi connectivity index (χ3v) is 5.55. The maximum atomic E-state index is 12.4. The average molecular weight is 442 g/mol. The van der Waals surface area contributed by atoms with Gasteiger partial charge < -0.3 is 14.6 Å². The molecule has 0 atom stereocenters. The fourth-order valence-corrected chi connectivity index (χ4v) is 3.75. The summed E-state index contributed by atoms with van der Waals surface area (Å²) in [6, 6.07) is 12.1. The van der Waals surface area contributed by atoms with E-state index in [0.717, 1.165) is 11.3 Å². The lowest BCUT2D eigenvalue weighted by Gasteiger charge is -2.11. The smallest absolute Gasteiger partial charge is 0.269 e. The lowest BCUT2D eigenvalue weighted by molar-refractivity contribution is -0.384. The number of amides is 1. The van der Waals surface area contributed by atoms with Crippen molar-refractivity contribution in [3.63, 3.8) is 0 Å². The number of thioether (sulfide) groups is 1. The zero-order valence-corrected chi connectivity index (χ0v) is 18.3. The Labute approximate surface area is 184 Å². The number of hydrogen-bond donors (Lipinski definition) is 1. The topological polar surface area (TPSA) is 112 Å². The molecule has 0 unspecified atom stereocenters. The molecule has 1 heterocycles. The first-order valence-corrected chi connectivity index (χ1v) is 10.7. The van der Waals surface area contributed by atoms with Crippen LogP contribution >= 0.6 is 11.8 Å². The van der Waals surface area contributed by atoms with Crippen molar-refractivity contribution in [2.75, 3.05) is 11.1 Å². The van der Waals surface area contributed by atoms with Crippen molar-refractivity contribution in [3.8, 4) is 5.75 Å². The Bertz CT molecular complexity index is 1100. The number of ether oxygens (including phenoxy) is 1. The van der Waals surface area contributed by atoms with Gasteiger partial charge in [-0.15, -0.1) is 10.2 Å². The summed E-state index contributed by atoms with van der Waals surface area (Å²) in [5, 5.41) is 22.6. The molecule has 1 amide bonds. The van der Waals surface area contributed by atoms with E-state index in [1.54, 1.807) is 6.92 Å². The number of carbonyl (C=O) groups is 1. The van der Waals surface area contributed by atoms with Crippen LogP contribution in [0.5, 0.6) is 5.75 Å². The fourth-order valence-electron chi connectivity index (χ4n) is 2.93. The molecule has 31 heavy (non-hydrogen) atoms. The Balaban J connectivity index is 1.59. The number of hydrogen-bond acceptors (Lipinski definition) is 7. The number of benzene rings is 2. The highest BCUT2D eigenvalue weighted by Crippen LogP contribution is 2.23. The van der Waals surface area contributed by atoms with Gasteiger partial charge in [0.25, 0.3) is 5.69 Å². The highest BCUT2D eigenvalue weighted by molar-refractivity contribution is 7.99. The van der Waals surface area contributed by atoms with Crippen LogP contribution in [0.15, 0.2) is 47.6 Å². The third kappa shape index (κ3) is 5.60. The van der Waals surface area contributed by atoms with Gasteiger partial charge in [-0.1, -0.05) is 30.0 Å². The van der Waals surface area contributed by atoms with Crippen LogP contribution in [-0.2, 0) is 17.9 Å². The molecule has 3 rings (SSSR count). The second-order valence-electron chi connectivity index (χ2n) is 6.79. The van der Waals surface area contributed by atoms with Crippen molar-refractivity contribution in [3.05, 3.63) is 69.5 Å². The van der Waals surface area contributed by atoms with Gasteiger partial charge in [0.2, 0.25) is 5.91 Å². The fraction of sp³-hybridized carbons (Fsp3) is 0.286. The number of anilines is 1. The molecular weight excluding hydrogens is 418 g/mol. The highest BCUT2D eigenvalue weighted by atomic mass is 32.2. The van der Waals surface area contributed by atoms with Crippen LogP contribution in [0.1, 0.15) is 23.9 Å². The minimum Gasteiger partial charge on any atom is -0.485 e. The standard InChI is InChI=1S/C21H23N5O4S/c1-4-25-19(12-30-18-8-6-5-7-14(18)2)23-24-21(25)31-13-20(27)22-17-10-9-16(26(28)29)11-15(17)3/h5-11H,4,12-13H2,1-3H3,(H,22,27). The number of non-ortho nitro benzene ring substituents is 1. The number of nitro benzene ring substituents is 1. The summed E-state index contributed by atoms with van der Waals surface area (Å²) < 4.78 is 7.77. The van der Waals surface area contributed by atoms with Crippen LogP contribution in [0.25, 0.3) is 0 Å². The quantitative estimate of drug-likeness (QED) is 0.302. The Morgan fingerprint density at radius 3 is 2.65 bits per heavy atom. The minimum absolute atomic E-state index is 0.0126. The average Bonchev–Trinajstić information content (AvgIpc) is 3.14. The Kier molecular flexibility index (Phi) is 7.24.